The number of halogens is 2. The van der Waals surface area contributed by atoms with Crippen LogP contribution in [0.25, 0.3) is 0 Å². The quantitative estimate of drug-likeness (QED) is 0.620. The van der Waals surface area contributed by atoms with Crippen molar-refractivity contribution in [3.8, 4) is 0 Å². The number of sulfone groups is 1. The van der Waals surface area contributed by atoms with Gasteiger partial charge in [-0.05, 0) is 37.6 Å². The molecule has 6 heteroatoms. The van der Waals surface area contributed by atoms with Gasteiger partial charge in [-0.15, -0.1) is 0 Å². The van der Waals surface area contributed by atoms with Crippen LogP contribution in [-0.2, 0) is 9.84 Å². The summed E-state index contributed by atoms with van der Waals surface area (Å²) >= 11 is 0. The summed E-state index contributed by atoms with van der Waals surface area (Å²) in [7, 11) is -3.69. The highest BCUT2D eigenvalue weighted by molar-refractivity contribution is 7.91. The van der Waals surface area contributed by atoms with Gasteiger partial charge >= 0.3 is 0 Å². The zero-order valence-electron chi connectivity index (χ0n) is 11.1. The molecule has 0 radical (unpaired) electrons. The minimum Gasteiger partial charge on any atom is -0.316 e. The zero-order chi connectivity index (χ0) is 14.5. The monoisotopic (exact) mass is 291 g/mol. The highest BCUT2D eigenvalue weighted by atomic mass is 32.2. The lowest BCUT2D eigenvalue weighted by Crippen LogP contribution is -2.23. The van der Waals surface area contributed by atoms with E-state index in [1.807, 2.05) is 0 Å². The van der Waals surface area contributed by atoms with E-state index in [1.54, 1.807) is 0 Å². The molecule has 0 aromatic heterocycles. The molecule has 0 heterocycles. The number of benzene rings is 1. The van der Waals surface area contributed by atoms with Crippen molar-refractivity contribution in [3.63, 3.8) is 0 Å². The van der Waals surface area contributed by atoms with Gasteiger partial charge in [-0.2, -0.15) is 0 Å². The molecule has 1 rings (SSSR count). The van der Waals surface area contributed by atoms with Crippen molar-refractivity contribution in [1.29, 1.82) is 0 Å². The topological polar surface area (TPSA) is 46.2 Å². The van der Waals surface area contributed by atoms with Crippen LogP contribution in [0.3, 0.4) is 0 Å². The van der Waals surface area contributed by atoms with E-state index in [-0.39, 0.29) is 5.75 Å². The molecular weight excluding hydrogens is 272 g/mol. The van der Waals surface area contributed by atoms with Crippen molar-refractivity contribution < 1.29 is 17.2 Å². The fourth-order valence-electron chi connectivity index (χ4n) is 1.62. The Morgan fingerprint density at radius 1 is 1.26 bits per heavy atom. The Balaban J connectivity index is 2.56. The van der Waals surface area contributed by atoms with Crippen molar-refractivity contribution in [2.45, 2.75) is 25.2 Å². The summed E-state index contributed by atoms with van der Waals surface area (Å²) in [6.45, 7) is 5.47. The first-order chi connectivity index (χ1) is 8.83. The summed E-state index contributed by atoms with van der Waals surface area (Å²) in [6, 6.07) is 2.51. The standard InChI is InChI=1S/C13H19F2NO2S/c1-10(2)9-16-6-3-7-19(17,18)13-5-4-11(14)8-12(13)15/h4-5,8,10,16H,3,6-7,9H2,1-2H3. The fourth-order valence-corrected chi connectivity index (χ4v) is 2.99. The largest absolute Gasteiger partial charge is 0.316 e. The second-order valence-corrected chi connectivity index (χ2v) is 6.92. The SMILES string of the molecule is CC(C)CNCCCS(=O)(=O)c1ccc(F)cc1F. The van der Waals surface area contributed by atoms with Crippen molar-refractivity contribution >= 4 is 9.84 Å². The molecule has 0 saturated carbocycles. The van der Waals surface area contributed by atoms with E-state index < -0.39 is 26.4 Å². The summed E-state index contributed by atoms with van der Waals surface area (Å²) in [6.07, 6.45) is 0.395. The average Bonchev–Trinajstić information content (AvgIpc) is 2.27. The lowest BCUT2D eigenvalue weighted by molar-refractivity contribution is 0.539. The van der Waals surface area contributed by atoms with Crippen LogP contribution < -0.4 is 5.32 Å². The molecule has 108 valence electrons. The maximum Gasteiger partial charge on any atom is 0.181 e. The molecule has 1 aromatic carbocycles. The Morgan fingerprint density at radius 2 is 1.95 bits per heavy atom. The molecule has 0 aliphatic heterocycles. The predicted octanol–water partition coefficient (Wildman–Crippen LogP) is 2.37. The number of hydrogen-bond donors (Lipinski definition) is 1. The van der Waals surface area contributed by atoms with E-state index in [0.29, 0.717) is 24.9 Å². The third-order valence-corrected chi connectivity index (χ3v) is 4.38. The van der Waals surface area contributed by atoms with Gasteiger partial charge in [-0.25, -0.2) is 17.2 Å². The first-order valence-electron chi connectivity index (χ1n) is 6.21. The van der Waals surface area contributed by atoms with Crippen LogP contribution in [0, 0.1) is 17.6 Å². The second-order valence-electron chi connectivity index (χ2n) is 4.85. The molecule has 0 aliphatic carbocycles. The first-order valence-corrected chi connectivity index (χ1v) is 7.86. The molecule has 1 N–H and O–H groups in total. The smallest absolute Gasteiger partial charge is 0.181 e. The van der Waals surface area contributed by atoms with Crippen molar-refractivity contribution in [2.75, 3.05) is 18.8 Å². The van der Waals surface area contributed by atoms with Crippen molar-refractivity contribution in [1.82, 2.24) is 5.32 Å². The molecule has 1 aromatic rings. The van der Waals surface area contributed by atoms with Gasteiger partial charge in [-0.1, -0.05) is 13.8 Å². The lowest BCUT2D eigenvalue weighted by atomic mass is 10.2. The maximum atomic E-state index is 13.4. The zero-order valence-corrected chi connectivity index (χ0v) is 11.9. The fraction of sp³-hybridized carbons (Fsp3) is 0.538. The van der Waals surface area contributed by atoms with Crippen LogP contribution in [0.1, 0.15) is 20.3 Å². The highest BCUT2D eigenvalue weighted by Gasteiger charge is 2.19. The number of rotatable bonds is 7. The van der Waals surface area contributed by atoms with E-state index >= 15 is 0 Å². The minimum absolute atomic E-state index is 0.152. The highest BCUT2D eigenvalue weighted by Crippen LogP contribution is 2.17. The molecule has 0 unspecified atom stereocenters. The van der Waals surface area contributed by atoms with Crippen molar-refractivity contribution in [3.05, 3.63) is 29.8 Å². The molecule has 3 nitrogen and oxygen atoms in total. The Labute approximate surface area is 112 Å². The first kappa shape index (κ1) is 16.0. The molecule has 0 bridgehead atoms. The molecule has 0 fully saturated rings. The normalized spacial score (nSPS) is 12.1. The van der Waals surface area contributed by atoms with Crippen LogP contribution in [0.2, 0.25) is 0 Å². The molecule has 0 aliphatic rings. The summed E-state index contributed by atoms with van der Waals surface area (Å²) in [5.74, 6) is -1.47. The maximum absolute atomic E-state index is 13.4. The molecule has 0 spiro atoms. The third-order valence-electron chi connectivity index (χ3n) is 2.55. The second kappa shape index (κ2) is 6.96. The predicted molar refractivity (Wildman–Crippen MR) is 70.7 cm³/mol. The van der Waals surface area contributed by atoms with Gasteiger partial charge in [0, 0.05) is 6.07 Å². The Bertz CT molecular complexity index is 515. The summed E-state index contributed by atoms with van der Waals surface area (Å²) in [4.78, 5) is -0.433. The van der Waals surface area contributed by atoms with Gasteiger partial charge < -0.3 is 5.32 Å². The van der Waals surface area contributed by atoms with Crippen LogP contribution in [-0.4, -0.2) is 27.3 Å². The van der Waals surface area contributed by atoms with E-state index in [9.17, 15) is 17.2 Å². The van der Waals surface area contributed by atoms with Crippen LogP contribution in [0.4, 0.5) is 8.78 Å². The van der Waals surface area contributed by atoms with Crippen LogP contribution in [0.15, 0.2) is 23.1 Å². The van der Waals surface area contributed by atoms with Gasteiger partial charge in [0.15, 0.2) is 9.84 Å². The van der Waals surface area contributed by atoms with Crippen molar-refractivity contribution in [2.24, 2.45) is 5.92 Å². The molecule has 0 amide bonds. The van der Waals surface area contributed by atoms with Gasteiger partial charge in [0.05, 0.1) is 5.75 Å². The molecule has 0 saturated heterocycles. The molecule has 0 atom stereocenters. The molecular formula is C13H19F2NO2S. The van der Waals surface area contributed by atoms with E-state index in [0.717, 1.165) is 18.7 Å². The number of nitrogens with one attached hydrogen (secondary N) is 1. The summed E-state index contributed by atoms with van der Waals surface area (Å²) in [5.41, 5.74) is 0. The Hall–Kier alpha value is -1.01. The van der Waals surface area contributed by atoms with Crippen LogP contribution in [0.5, 0.6) is 0 Å². The van der Waals surface area contributed by atoms with Gasteiger partial charge in [-0.3, -0.25) is 0 Å². The summed E-state index contributed by atoms with van der Waals surface area (Å²) in [5, 5.41) is 3.11. The van der Waals surface area contributed by atoms with Gasteiger partial charge in [0.1, 0.15) is 16.5 Å². The van der Waals surface area contributed by atoms with Gasteiger partial charge in [0.2, 0.25) is 0 Å². The van der Waals surface area contributed by atoms with E-state index in [1.165, 1.54) is 0 Å². The van der Waals surface area contributed by atoms with Crippen LogP contribution >= 0.6 is 0 Å². The third kappa shape index (κ3) is 5.24. The minimum atomic E-state index is -3.69. The van der Waals surface area contributed by atoms with Gasteiger partial charge in [0.25, 0.3) is 0 Å². The summed E-state index contributed by atoms with van der Waals surface area (Å²) < 4.78 is 49.9. The Morgan fingerprint density at radius 3 is 2.53 bits per heavy atom. The number of hydrogen-bond acceptors (Lipinski definition) is 3. The molecule has 19 heavy (non-hydrogen) atoms. The van der Waals surface area contributed by atoms with E-state index in [2.05, 4.69) is 19.2 Å². The average molecular weight is 291 g/mol. The van der Waals surface area contributed by atoms with E-state index in [4.69, 9.17) is 0 Å². The lowest BCUT2D eigenvalue weighted by Gasteiger charge is -2.08. The Kier molecular flexibility index (Phi) is 5.87.